The average Bonchev–Trinajstić information content (AvgIpc) is 2.67. The van der Waals surface area contributed by atoms with Gasteiger partial charge in [0.05, 0.1) is 5.60 Å². The lowest BCUT2D eigenvalue weighted by Crippen LogP contribution is -2.53. The lowest BCUT2D eigenvalue weighted by atomic mass is 9.88. The van der Waals surface area contributed by atoms with Crippen LogP contribution in [0.1, 0.15) is 46.0 Å². The first-order valence-corrected chi connectivity index (χ1v) is 7.65. The number of hydrogen-bond acceptors (Lipinski definition) is 3. The fourth-order valence-electron chi connectivity index (χ4n) is 3.49. The number of carboxylic acid groups (broad SMARTS) is 1. The van der Waals surface area contributed by atoms with E-state index < -0.39 is 5.97 Å². The minimum absolute atomic E-state index is 0.0404. The average molecular weight is 298 g/mol. The van der Waals surface area contributed by atoms with Crippen LogP contribution in [0.4, 0.5) is 4.79 Å². The van der Waals surface area contributed by atoms with Crippen molar-refractivity contribution in [3.05, 3.63) is 0 Å². The molecule has 21 heavy (non-hydrogen) atoms. The van der Waals surface area contributed by atoms with Crippen molar-refractivity contribution in [2.75, 3.05) is 13.7 Å². The molecule has 2 N–H and O–H groups in total. The molecule has 2 atom stereocenters. The van der Waals surface area contributed by atoms with E-state index in [1.54, 1.807) is 7.11 Å². The second kappa shape index (κ2) is 6.22. The van der Waals surface area contributed by atoms with Crippen molar-refractivity contribution in [3.63, 3.8) is 0 Å². The Morgan fingerprint density at radius 2 is 1.86 bits per heavy atom. The summed E-state index contributed by atoms with van der Waals surface area (Å²) in [7, 11) is 1.63. The first-order chi connectivity index (χ1) is 9.82. The zero-order chi connectivity index (χ0) is 15.6. The highest BCUT2D eigenvalue weighted by Crippen LogP contribution is 2.39. The molecule has 6 nitrogen and oxygen atoms in total. The minimum atomic E-state index is -0.737. The van der Waals surface area contributed by atoms with E-state index in [1.807, 2.05) is 18.7 Å². The van der Waals surface area contributed by atoms with E-state index in [0.717, 1.165) is 25.7 Å². The Hall–Kier alpha value is -1.30. The van der Waals surface area contributed by atoms with Crippen LogP contribution in [0, 0.1) is 5.92 Å². The molecular weight excluding hydrogens is 272 g/mol. The molecule has 6 heteroatoms. The molecule has 0 saturated carbocycles. The summed E-state index contributed by atoms with van der Waals surface area (Å²) in [5.41, 5.74) is -0.379. The third kappa shape index (κ3) is 3.87. The molecule has 2 aliphatic heterocycles. The molecule has 0 aliphatic carbocycles. The molecule has 2 unspecified atom stereocenters. The number of rotatable bonds is 5. The van der Waals surface area contributed by atoms with Crippen LogP contribution < -0.4 is 5.32 Å². The van der Waals surface area contributed by atoms with Gasteiger partial charge in [-0.05, 0) is 45.4 Å². The molecule has 2 aliphatic rings. The highest BCUT2D eigenvalue weighted by Gasteiger charge is 2.43. The summed E-state index contributed by atoms with van der Waals surface area (Å²) in [6.07, 6.45) is 3.82. The summed E-state index contributed by atoms with van der Waals surface area (Å²) in [4.78, 5) is 25.2. The zero-order valence-corrected chi connectivity index (χ0v) is 13.1. The Labute approximate surface area is 125 Å². The van der Waals surface area contributed by atoms with Crippen LogP contribution in [0.2, 0.25) is 0 Å². The van der Waals surface area contributed by atoms with Crippen molar-refractivity contribution in [1.29, 1.82) is 0 Å². The summed E-state index contributed by atoms with van der Waals surface area (Å²) in [6, 6.07) is 0.346. The molecule has 0 spiro atoms. The number of hydrogen-bond donors (Lipinski definition) is 2. The maximum Gasteiger partial charge on any atom is 0.317 e. The highest BCUT2D eigenvalue weighted by atomic mass is 16.5. The van der Waals surface area contributed by atoms with Crippen LogP contribution in [-0.4, -0.2) is 53.3 Å². The molecule has 2 heterocycles. The third-order valence-corrected chi connectivity index (χ3v) is 4.75. The van der Waals surface area contributed by atoms with Crippen molar-refractivity contribution in [3.8, 4) is 0 Å². The van der Waals surface area contributed by atoms with E-state index >= 15 is 0 Å². The van der Waals surface area contributed by atoms with Gasteiger partial charge in [-0.1, -0.05) is 0 Å². The molecule has 2 bridgehead atoms. The number of carbonyl (C=O) groups excluding carboxylic acids is 1. The van der Waals surface area contributed by atoms with E-state index in [1.165, 1.54) is 0 Å². The molecule has 120 valence electrons. The van der Waals surface area contributed by atoms with Gasteiger partial charge in [0, 0.05) is 32.2 Å². The number of nitrogens with zero attached hydrogens (tertiary/aromatic N) is 1. The maximum absolute atomic E-state index is 12.4. The number of urea groups is 1. The lowest BCUT2D eigenvalue weighted by molar-refractivity contribution is -0.138. The molecule has 2 rings (SSSR count). The molecule has 2 saturated heterocycles. The van der Waals surface area contributed by atoms with Crippen LogP contribution in [0.3, 0.4) is 0 Å². The Morgan fingerprint density at radius 1 is 1.29 bits per heavy atom. The van der Waals surface area contributed by atoms with Crippen molar-refractivity contribution in [2.45, 2.75) is 63.6 Å². The normalized spacial score (nSPS) is 28.5. The maximum atomic E-state index is 12.4. The van der Waals surface area contributed by atoms with Crippen LogP contribution in [0.5, 0.6) is 0 Å². The number of aliphatic carboxylic acids is 1. The summed E-state index contributed by atoms with van der Waals surface area (Å²) < 4.78 is 5.31. The molecule has 2 amide bonds. The number of carboxylic acids is 1. The fourth-order valence-corrected chi connectivity index (χ4v) is 3.49. The number of piperidine rings is 1. The van der Waals surface area contributed by atoms with Gasteiger partial charge in [0.2, 0.25) is 0 Å². The van der Waals surface area contributed by atoms with Gasteiger partial charge >= 0.3 is 12.0 Å². The SMILES string of the molecule is COC(C)(C)CNC(=O)N1C2CCC1CC(CC(=O)O)C2. The number of amides is 2. The molecule has 0 aromatic rings. The smallest absolute Gasteiger partial charge is 0.317 e. The Kier molecular flexibility index (Phi) is 4.76. The van der Waals surface area contributed by atoms with Gasteiger partial charge in [-0.25, -0.2) is 4.79 Å². The molecule has 0 aromatic heterocycles. The van der Waals surface area contributed by atoms with Crippen LogP contribution in [-0.2, 0) is 9.53 Å². The first-order valence-electron chi connectivity index (χ1n) is 7.65. The Bertz CT molecular complexity index is 396. The van der Waals surface area contributed by atoms with E-state index in [9.17, 15) is 9.59 Å². The Balaban J connectivity index is 1.91. The third-order valence-electron chi connectivity index (χ3n) is 4.75. The number of carbonyl (C=O) groups is 2. The predicted molar refractivity (Wildman–Crippen MR) is 78.1 cm³/mol. The number of ether oxygens (including phenoxy) is 1. The number of methoxy groups -OCH3 is 1. The van der Waals surface area contributed by atoms with E-state index in [4.69, 9.17) is 9.84 Å². The summed E-state index contributed by atoms with van der Waals surface area (Å²) >= 11 is 0. The van der Waals surface area contributed by atoms with Crippen LogP contribution in [0.25, 0.3) is 0 Å². The van der Waals surface area contributed by atoms with Crippen molar-refractivity contribution < 1.29 is 19.4 Å². The lowest BCUT2D eigenvalue weighted by Gasteiger charge is -2.39. The second-order valence-electron chi connectivity index (χ2n) is 6.85. The molecule has 0 aromatic carbocycles. The number of nitrogens with one attached hydrogen (secondary N) is 1. The van der Waals surface area contributed by atoms with Gasteiger partial charge in [0.15, 0.2) is 0 Å². The molecular formula is C15H26N2O4. The Morgan fingerprint density at radius 3 is 2.33 bits per heavy atom. The van der Waals surface area contributed by atoms with Crippen LogP contribution >= 0.6 is 0 Å². The molecule has 0 radical (unpaired) electrons. The topological polar surface area (TPSA) is 78.9 Å². The standard InChI is InChI=1S/C15H26N2O4/c1-15(2,21-3)9-16-14(20)17-11-4-5-12(17)7-10(6-11)8-13(18)19/h10-12H,4-9H2,1-3H3,(H,16,20)(H,18,19). The van der Waals surface area contributed by atoms with Gasteiger partial charge in [0.1, 0.15) is 0 Å². The van der Waals surface area contributed by atoms with Crippen molar-refractivity contribution >= 4 is 12.0 Å². The highest BCUT2D eigenvalue weighted by molar-refractivity contribution is 5.75. The fraction of sp³-hybridized carbons (Fsp3) is 0.867. The quantitative estimate of drug-likeness (QED) is 0.811. The van der Waals surface area contributed by atoms with E-state index in [-0.39, 0.29) is 36.1 Å². The first kappa shape index (κ1) is 16.1. The summed E-state index contributed by atoms with van der Waals surface area (Å²) in [5.74, 6) is -0.529. The van der Waals surface area contributed by atoms with Crippen molar-refractivity contribution in [1.82, 2.24) is 10.2 Å². The van der Waals surface area contributed by atoms with Gasteiger partial charge in [-0.2, -0.15) is 0 Å². The second-order valence-corrected chi connectivity index (χ2v) is 6.85. The van der Waals surface area contributed by atoms with E-state index in [0.29, 0.717) is 6.54 Å². The zero-order valence-electron chi connectivity index (χ0n) is 13.1. The largest absolute Gasteiger partial charge is 0.481 e. The summed E-state index contributed by atoms with van der Waals surface area (Å²) in [5, 5.41) is 11.9. The van der Waals surface area contributed by atoms with Crippen LogP contribution in [0.15, 0.2) is 0 Å². The molecule has 2 fully saturated rings. The summed E-state index contributed by atoms with van der Waals surface area (Å²) in [6.45, 7) is 4.33. The number of fused-ring (bicyclic) bond motifs is 2. The van der Waals surface area contributed by atoms with Gasteiger partial charge < -0.3 is 20.1 Å². The van der Waals surface area contributed by atoms with Gasteiger partial charge in [-0.3, -0.25) is 4.79 Å². The minimum Gasteiger partial charge on any atom is -0.481 e. The van der Waals surface area contributed by atoms with Gasteiger partial charge in [0.25, 0.3) is 0 Å². The van der Waals surface area contributed by atoms with Crippen molar-refractivity contribution in [2.24, 2.45) is 5.92 Å². The van der Waals surface area contributed by atoms with E-state index in [2.05, 4.69) is 5.32 Å². The van der Waals surface area contributed by atoms with Gasteiger partial charge in [-0.15, -0.1) is 0 Å². The predicted octanol–water partition coefficient (Wildman–Crippen LogP) is 1.84. The monoisotopic (exact) mass is 298 g/mol.